The maximum atomic E-state index is 5.83. The van der Waals surface area contributed by atoms with Gasteiger partial charge in [-0.25, -0.2) is 4.68 Å². The smallest absolute Gasteiger partial charge is 0.119 e. The molecule has 0 saturated carbocycles. The molecule has 21 heavy (non-hydrogen) atoms. The summed E-state index contributed by atoms with van der Waals surface area (Å²) in [6.07, 6.45) is 2.71. The summed E-state index contributed by atoms with van der Waals surface area (Å²) in [6, 6.07) is 7.38. The van der Waals surface area contributed by atoms with E-state index in [1.54, 1.807) is 0 Å². The molecular formula is C15H21ClN4O. The van der Waals surface area contributed by atoms with Gasteiger partial charge in [0.15, 0.2) is 0 Å². The Morgan fingerprint density at radius 2 is 2.00 bits per heavy atom. The molecule has 0 aliphatic heterocycles. The lowest BCUT2D eigenvalue weighted by atomic mass is 10.2. The van der Waals surface area contributed by atoms with Crippen molar-refractivity contribution in [2.24, 2.45) is 5.73 Å². The minimum atomic E-state index is 0.638. The fraction of sp³-hybridized carbons (Fsp3) is 0.467. The Labute approximate surface area is 130 Å². The summed E-state index contributed by atoms with van der Waals surface area (Å²) in [5, 5.41) is 9.09. The summed E-state index contributed by atoms with van der Waals surface area (Å²) < 4.78 is 7.59. The molecule has 0 fully saturated rings. The molecule has 0 atom stereocenters. The molecule has 0 radical (unpaired) electrons. The standard InChI is InChI=1S/C15H21ClN4O/c1-12-15(4-2-9-17)18-19-20(12)10-3-11-21-14-7-5-13(16)6-8-14/h5-8H,2-4,9-11,17H2,1H3. The van der Waals surface area contributed by atoms with Crippen molar-refractivity contribution in [3.63, 3.8) is 0 Å². The summed E-state index contributed by atoms with van der Waals surface area (Å²) >= 11 is 5.83. The SMILES string of the molecule is Cc1c(CCCN)nnn1CCCOc1ccc(Cl)cc1. The third-order valence-corrected chi connectivity index (χ3v) is 3.54. The van der Waals surface area contributed by atoms with E-state index in [2.05, 4.69) is 10.3 Å². The fourth-order valence-electron chi connectivity index (χ4n) is 2.04. The molecule has 1 heterocycles. The number of nitrogens with zero attached hydrogens (tertiary/aromatic N) is 3. The van der Waals surface area contributed by atoms with Crippen molar-refractivity contribution in [1.29, 1.82) is 0 Å². The zero-order valence-electron chi connectivity index (χ0n) is 12.3. The van der Waals surface area contributed by atoms with E-state index in [0.29, 0.717) is 18.2 Å². The van der Waals surface area contributed by atoms with E-state index >= 15 is 0 Å². The second-order valence-corrected chi connectivity index (χ2v) is 5.33. The minimum absolute atomic E-state index is 0.638. The molecule has 0 amide bonds. The predicted octanol–water partition coefficient (Wildman–Crippen LogP) is 2.60. The van der Waals surface area contributed by atoms with Crippen LogP contribution in [-0.2, 0) is 13.0 Å². The highest BCUT2D eigenvalue weighted by Gasteiger charge is 2.07. The van der Waals surface area contributed by atoms with E-state index in [9.17, 15) is 0 Å². The van der Waals surface area contributed by atoms with Gasteiger partial charge in [0, 0.05) is 18.0 Å². The number of aryl methyl sites for hydroxylation is 2. The first-order valence-electron chi connectivity index (χ1n) is 7.18. The largest absolute Gasteiger partial charge is 0.494 e. The van der Waals surface area contributed by atoms with Gasteiger partial charge in [-0.3, -0.25) is 0 Å². The molecule has 0 spiro atoms. The van der Waals surface area contributed by atoms with Crippen molar-refractivity contribution in [2.45, 2.75) is 32.7 Å². The van der Waals surface area contributed by atoms with Crippen molar-refractivity contribution in [1.82, 2.24) is 15.0 Å². The quantitative estimate of drug-likeness (QED) is 0.761. The van der Waals surface area contributed by atoms with Gasteiger partial charge in [0.05, 0.1) is 18.0 Å². The number of hydrogen-bond acceptors (Lipinski definition) is 4. The molecule has 0 bridgehead atoms. The normalized spacial score (nSPS) is 10.8. The van der Waals surface area contributed by atoms with Gasteiger partial charge in [0.2, 0.25) is 0 Å². The van der Waals surface area contributed by atoms with Gasteiger partial charge < -0.3 is 10.5 Å². The molecule has 6 heteroatoms. The Hall–Kier alpha value is -1.59. The number of hydrogen-bond donors (Lipinski definition) is 1. The summed E-state index contributed by atoms with van der Waals surface area (Å²) in [5.41, 5.74) is 7.68. The van der Waals surface area contributed by atoms with E-state index in [0.717, 1.165) is 42.9 Å². The van der Waals surface area contributed by atoms with Crippen molar-refractivity contribution < 1.29 is 4.74 Å². The van der Waals surface area contributed by atoms with Crippen LogP contribution in [0.3, 0.4) is 0 Å². The zero-order chi connectivity index (χ0) is 15.1. The maximum Gasteiger partial charge on any atom is 0.119 e. The van der Waals surface area contributed by atoms with Gasteiger partial charge in [-0.2, -0.15) is 0 Å². The molecule has 2 N–H and O–H groups in total. The molecule has 0 saturated heterocycles. The number of aromatic nitrogens is 3. The van der Waals surface area contributed by atoms with E-state index in [-0.39, 0.29) is 0 Å². The van der Waals surface area contributed by atoms with Gasteiger partial charge in [0.25, 0.3) is 0 Å². The van der Waals surface area contributed by atoms with Crippen molar-refractivity contribution in [3.8, 4) is 5.75 Å². The van der Waals surface area contributed by atoms with Crippen LogP contribution in [0.1, 0.15) is 24.2 Å². The van der Waals surface area contributed by atoms with Gasteiger partial charge in [-0.15, -0.1) is 5.10 Å². The Balaban J connectivity index is 1.75. The molecule has 1 aromatic heterocycles. The molecule has 0 aliphatic carbocycles. The topological polar surface area (TPSA) is 66.0 Å². The van der Waals surface area contributed by atoms with Crippen molar-refractivity contribution in [2.75, 3.05) is 13.2 Å². The number of halogens is 1. The van der Waals surface area contributed by atoms with Gasteiger partial charge in [-0.05, 0) is 50.6 Å². The van der Waals surface area contributed by atoms with Crippen LogP contribution in [0, 0.1) is 6.92 Å². The zero-order valence-corrected chi connectivity index (χ0v) is 13.0. The molecular weight excluding hydrogens is 288 g/mol. The van der Waals surface area contributed by atoms with Crippen LogP contribution < -0.4 is 10.5 Å². The second kappa shape index (κ2) is 8.00. The molecule has 0 aliphatic rings. The first kappa shape index (κ1) is 15.8. The molecule has 0 unspecified atom stereocenters. The number of benzene rings is 1. The molecule has 5 nitrogen and oxygen atoms in total. The van der Waals surface area contributed by atoms with E-state index in [4.69, 9.17) is 22.1 Å². The average molecular weight is 309 g/mol. The average Bonchev–Trinajstić information content (AvgIpc) is 2.84. The summed E-state index contributed by atoms with van der Waals surface area (Å²) in [4.78, 5) is 0. The summed E-state index contributed by atoms with van der Waals surface area (Å²) in [5.74, 6) is 0.832. The predicted molar refractivity (Wildman–Crippen MR) is 83.7 cm³/mol. The lowest BCUT2D eigenvalue weighted by molar-refractivity contribution is 0.297. The van der Waals surface area contributed by atoms with Crippen molar-refractivity contribution >= 4 is 11.6 Å². The Morgan fingerprint density at radius 1 is 1.24 bits per heavy atom. The first-order chi connectivity index (χ1) is 10.2. The molecule has 2 aromatic rings. The monoisotopic (exact) mass is 308 g/mol. The summed E-state index contributed by atoms with van der Waals surface area (Å²) in [7, 11) is 0. The number of ether oxygens (including phenoxy) is 1. The van der Waals surface area contributed by atoms with Crippen LogP contribution in [0.25, 0.3) is 0 Å². The van der Waals surface area contributed by atoms with E-state index < -0.39 is 0 Å². The van der Waals surface area contributed by atoms with Crippen LogP contribution >= 0.6 is 11.6 Å². The Kier molecular flexibility index (Phi) is 6.02. The highest BCUT2D eigenvalue weighted by atomic mass is 35.5. The fourth-order valence-corrected chi connectivity index (χ4v) is 2.17. The third-order valence-electron chi connectivity index (χ3n) is 3.29. The Bertz CT molecular complexity index is 553. The van der Waals surface area contributed by atoms with Gasteiger partial charge >= 0.3 is 0 Å². The van der Waals surface area contributed by atoms with Crippen LogP contribution in [0.2, 0.25) is 5.02 Å². The molecule has 1 aromatic carbocycles. The highest BCUT2D eigenvalue weighted by molar-refractivity contribution is 6.30. The molecule has 2 rings (SSSR count). The second-order valence-electron chi connectivity index (χ2n) is 4.89. The van der Waals surface area contributed by atoms with Crippen LogP contribution in [0.15, 0.2) is 24.3 Å². The van der Waals surface area contributed by atoms with Crippen molar-refractivity contribution in [3.05, 3.63) is 40.7 Å². The highest BCUT2D eigenvalue weighted by Crippen LogP contribution is 2.15. The summed E-state index contributed by atoms with van der Waals surface area (Å²) in [6.45, 7) is 4.17. The maximum absolute atomic E-state index is 5.83. The van der Waals surface area contributed by atoms with Crippen LogP contribution in [-0.4, -0.2) is 28.1 Å². The third kappa shape index (κ3) is 4.72. The minimum Gasteiger partial charge on any atom is -0.494 e. The lowest BCUT2D eigenvalue weighted by Crippen LogP contribution is -2.08. The van der Waals surface area contributed by atoms with Gasteiger partial charge in [0.1, 0.15) is 5.75 Å². The molecule has 114 valence electrons. The van der Waals surface area contributed by atoms with E-state index in [1.807, 2.05) is 35.9 Å². The van der Waals surface area contributed by atoms with Crippen LogP contribution in [0.5, 0.6) is 5.75 Å². The lowest BCUT2D eigenvalue weighted by Gasteiger charge is -2.07. The van der Waals surface area contributed by atoms with E-state index in [1.165, 1.54) is 0 Å². The van der Waals surface area contributed by atoms with Gasteiger partial charge in [-0.1, -0.05) is 16.8 Å². The number of rotatable bonds is 8. The first-order valence-corrected chi connectivity index (χ1v) is 7.56. The Morgan fingerprint density at radius 3 is 2.71 bits per heavy atom. The van der Waals surface area contributed by atoms with Crippen LogP contribution in [0.4, 0.5) is 0 Å². The number of nitrogens with two attached hydrogens (primary N) is 1.